The van der Waals surface area contributed by atoms with Gasteiger partial charge in [-0.3, -0.25) is 4.79 Å². The molecule has 0 unspecified atom stereocenters. The van der Waals surface area contributed by atoms with Crippen LogP contribution in [0.1, 0.15) is 50.7 Å². The molecule has 6 nitrogen and oxygen atoms in total. The summed E-state index contributed by atoms with van der Waals surface area (Å²) in [5.74, 6) is -0.0590. The molecule has 0 saturated heterocycles. The summed E-state index contributed by atoms with van der Waals surface area (Å²) in [6.07, 6.45) is 5.31. The van der Waals surface area contributed by atoms with E-state index in [9.17, 15) is 13.2 Å². The van der Waals surface area contributed by atoms with Crippen molar-refractivity contribution in [2.24, 2.45) is 0 Å². The number of ether oxygens (including phenoxy) is 1. The highest BCUT2D eigenvalue weighted by Crippen LogP contribution is 2.30. The largest absolute Gasteiger partial charge is 0.482 e. The monoisotopic (exact) mass is 542 g/mol. The van der Waals surface area contributed by atoms with Crippen molar-refractivity contribution in [1.82, 2.24) is 4.72 Å². The van der Waals surface area contributed by atoms with Crippen LogP contribution < -0.4 is 14.8 Å². The Kier molecular flexibility index (Phi) is 8.61. The van der Waals surface area contributed by atoms with E-state index in [-0.39, 0.29) is 34.2 Å². The first kappa shape index (κ1) is 25.0. The number of hydrogen-bond acceptors (Lipinski definition) is 4. The van der Waals surface area contributed by atoms with Gasteiger partial charge in [0, 0.05) is 16.2 Å². The zero-order valence-electron chi connectivity index (χ0n) is 18.2. The van der Waals surface area contributed by atoms with E-state index >= 15 is 0 Å². The molecule has 0 atom stereocenters. The van der Waals surface area contributed by atoms with Crippen molar-refractivity contribution < 1.29 is 17.9 Å². The molecule has 2 aromatic rings. The van der Waals surface area contributed by atoms with Crippen LogP contribution in [0.2, 0.25) is 5.02 Å². The zero-order valence-corrected chi connectivity index (χ0v) is 21.4. The lowest BCUT2D eigenvalue weighted by molar-refractivity contribution is -0.118. The molecule has 1 fully saturated rings. The number of halogens is 2. The highest BCUT2D eigenvalue weighted by molar-refractivity contribution is 9.10. The predicted octanol–water partition coefficient (Wildman–Crippen LogP) is 5.47. The lowest BCUT2D eigenvalue weighted by Crippen LogP contribution is -2.32. The number of rotatable bonds is 9. The second-order valence-corrected chi connectivity index (χ2v) is 10.9. The first-order valence-corrected chi connectivity index (χ1v) is 13.4. The number of nitrogens with one attached hydrogen (secondary N) is 2. The van der Waals surface area contributed by atoms with E-state index in [1.165, 1.54) is 18.2 Å². The van der Waals surface area contributed by atoms with Gasteiger partial charge in [-0.15, -0.1) is 0 Å². The van der Waals surface area contributed by atoms with Crippen LogP contribution in [0, 0.1) is 0 Å². The van der Waals surface area contributed by atoms with Gasteiger partial charge in [-0.25, -0.2) is 13.1 Å². The molecule has 0 aromatic heterocycles. The van der Waals surface area contributed by atoms with Crippen LogP contribution in [-0.2, 0) is 27.7 Å². The Morgan fingerprint density at radius 3 is 2.31 bits per heavy atom. The van der Waals surface area contributed by atoms with Crippen molar-refractivity contribution in [3.63, 3.8) is 0 Å². The molecule has 0 spiro atoms. The number of carbonyl (C=O) groups excluding carboxylic acids is 1. The number of sulfonamides is 1. The summed E-state index contributed by atoms with van der Waals surface area (Å²) in [6.45, 7) is 3.82. The second-order valence-electron chi connectivity index (χ2n) is 7.84. The molecular formula is C23H28BrClN2O4S. The first-order valence-electron chi connectivity index (χ1n) is 10.8. The van der Waals surface area contributed by atoms with E-state index in [2.05, 4.69) is 26.0 Å². The molecule has 1 saturated carbocycles. The van der Waals surface area contributed by atoms with E-state index in [0.717, 1.165) is 59.8 Å². The smallest absolute Gasteiger partial charge is 0.262 e. The van der Waals surface area contributed by atoms with Crippen molar-refractivity contribution in [1.29, 1.82) is 0 Å². The summed E-state index contributed by atoms with van der Waals surface area (Å²) >= 11 is 9.76. The molecule has 0 radical (unpaired) electrons. The topological polar surface area (TPSA) is 84.5 Å². The maximum atomic E-state index is 12.6. The molecule has 0 heterocycles. The van der Waals surface area contributed by atoms with Gasteiger partial charge in [0.05, 0.1) is 9.92 Å². The molecule has 174 valence electrons. The number of carbonyl (C=O) groups is 1. The molecule has 0 bridgehead atoms. The summed E-state index contributed by atoms with van der Waals surface area (Å²) in [6, 6.07) is 8.22. The van der Waals surface area contributed by atoms with Gasteiger partial charge in [0.15, 0.2) is 6.61 Å². The molecule has 3 rings (SSSR count). The number of hydrogen-bond donors (Lipinski definition) is 2. The highest BCUT2D eigenvalue weighted by atomic mass is 79.9. The minimum atomic E-state index is -3.65. The number of benzene rings is 2. The minimum Gasteiger partial charge on any atom is -0.482 e. The average molecular weight is 544 g/mol. The predicted molar refractivity (Wildman–Crippen MR) is 131 cm³/mol. The van der Waals surface area contributed by atoms with Crippen LogP contribution in [0.5, 0.6) is 5.75 Å². The molecule has 2 N–H and O–H groups in total. The number of aryl methyl sites for hydroxylation is 2. The summed E-state index contributed by atoms with van der Waals surface area (Å²) in [5, 5.41) is 3.08. The van der Waals surface area contributed by atoms with Crippen molar-refractivity contribution in [2.75, 3.05) is 11.9 Å². The fraction of sp³-hybridized carbons (Fsp3) is 0.435. The molecular weight excluding hydrogens is 516 g/mol. The van der Waals surface area contributed by atoms with Crippen LogP contribution in [0.25, 0.3) is 0 Å². The van der Waals surface area contributed by atoms with E-state index in [1.807, 2.05) is 26.0 Å². The normalized spacial score (nSPS) is 14.5. The lowest BCUT2D eigenvalue weighted by atomic mass is 10.0. The van der Waals surface area contributed by atoms with Gasteiger partial charge in [-0.05, 0) is 67.1 Å². The van der Waals surface area contributed by atoms with E-state index in [4.69, 9.17) is 16.3 Å². The van der Waals surface area contributed by atoms with Gasteiger partial charge >= 0.3 is 0 Å². The fourth-order valence-corrected chi connectivity index (χ4v) is 6.04. The average Bonchev–Trinajstić information content (AvgIpc) is 3.25. The van der Waals surface area contributed by atoms with Crippen molar-refractivity contribution >= 4 is 49.1 Å². The summed E-state index contributed by atoms with van der Waals surface area (Å²) in [5.41, 5.74) is 2.87. The highest BCUT2D eigenvalue weighted by Gasteiger charge is 2.23. The Morgan fingerprint density at radius 2 is 1.75 bits per heavy atom. The van der Waals surface area contributed by atoms with Crippen molar-refractivity contribution in [2.45, 2.75) is 63.3 Å². The number of amides is 1. The van der Waals surface area contributed by atoms with Crippen molar-refractivity contribution in [3.05, 3.63) is 51.0 Å². The quantitative estimate of drug-likeness (QED) is 0.439. The number of anilines is 1. The Balaban J connectivity index is 1.65. The van der Waals surface area contributed by atoms with E-state index in [0.29, 0.717) is 0 Å². The molecule has 1 aliphatic rings. The third-order valence-electron chi connectivity index (χ3n) is 5.54. The Labute approximate surface area is 203 Å². The Morgan fingerprint density at radius 1 is 1.12 bits per heavy atom. The molecule has 9 heteroatoms. The van der Waals surface area contributed by atoms with Gasteiger partial charge in [0.1, 0.15) is 5.75 Å². The van der Waals surface area contributed by atoms with Crippen LogP contribution in [0.4, 0.5) is 5.69 Å². The lowest BCUT2D eigenvalue weighted by Gasteiger charge is -2.16. The molecule has 0 aliphatic heterocycles. The van der Waals surface area contributed by atoms with Crippen LogP contribution in [-0.4, -0.2) is 27.0 Å². The molecule has 2 aromatic carbocycles. The van der Waals surface area contributed by atoms with Gasteiger partial charge in [0.25, 0.3) is 5.91 Å². The SMILES string of the molecule is CCc1cc(Br)cc(CC)c1NC(=O)COc1ccc(S(=O)(=O)NC2CCCC2)cc1Cl. The first-order chi connectivity index (χ1) is 15.2. The summed E-state index contributed by atoms with van der Waals surface area (Å²) in [7, 11) is -3.65. The van der Waals surface area contributed by atoms with Gasteiger partial charge in [-0.2, -0.15) is 0 Å². The second kappa shape index (κ2) is 11.0. The third-order valence-corrected chi connectivity index (χ3v) is 7.81. The Bertz CT molecular complexity index is 1060. The maximum Gasteiger partial charge on any atom is 0.262 e. The minimum absolute atomic E-state index is 0.0296. The maximum absolute atomic E-state index is 12.6. The van der Waals surface area contributed by atoms with Gasteiger partial charge in [-0.1, -0.05) is 54.2 Å². The zero-order chi connectivity index (χ0) is 23.3. The standard InChI is InChI=1S/C23H28BrClN2O4S/c1-3-15-11-17(24)12-16(4-2)23(15)26-22(28)14-31-21-10-9-19(13-20(21)25)32(29,30)27-18-7-5-6-8-18/h9-13,18,27H,3-8,14H2,1-2H3,(H,26,28). The van der Waals surface area contributed by atoms with Crippen LogP contribution in [0.15, 0.2) is 39.7 Å². The molecule has 32 heavy (non-hydrogen) atoms. The summed E-state index contributed by atoms with van der Waals surface area (Å²) in [4.78, 5) is 12.6. The van der Waals surface area contributed by atoms with Crippen LogP contribution >= 0.6 is 27.5 Å². The molecule has 1 aliphatic carbocycles. The van der Waals surface area contributed by atoms with E-state index in [1.54, 1.807) is 0 Å². The van der Waals surface area contributed by atoms with Gasteiger partial charge < -0.3 is 10.1 Å². The molecule has 1 amide bonds. The third kappa shape index (κ3) is 6.25. The Hall–Kier alpha value is -1.61. The summed E-state index contributed by atoms with van der Waals surface area (Å²) < 4.78 is 34.5. The van der Waals surface area contributed by atoms with Crippen LogP contribution in [0.3, 0.4) is 0 Å². The van der Waals surface area contributed by atoms with Gasteiger partial charge in [0.2, 0.25) is 10.0 Å². The van der Waals surface area contributed by atoms with Crippen molar-refractivity contribution in [3.8, 4) is 5.75 Å². The fourth-order valence-electron chi connectivity index (χ4n) is 3.86. The van der Waals surface area contributed by atoms with E-state index < -0.39 is 10.0 Å².